The second-order valence-electron chi connectivity index (χ2n) is 5.45. The molecule has 150 valence electrons. The predicted octanol–water partition coefficient (Wildman–Crippen LogP) is 3.20. The summed E-state index contributed by atoms with van der Waals surface area (Å²) in [6.07, 6.45) is 0.969. The summed E-state index contributed by atoms with van der Waals surface area (Å²) in [5, 5.41) is 6.34. The fourth-order valence-corrected chi connectivity index (χ4v) is 2.12. The molecule has 2 N–H and O–H groups in total. The van der Waals surface area contributed by atoms with E-state index < -0.39 is 12.8 Å². The third-order valence-electron chi connectivity index (χ3n) is 3.28. The average molecular weight is 497 g/mol. The zero-order chi connectivity index (χ0) is 18.8. The largest absolute Gasteiger partial charge is 0.468 e. The van der Waals surface area contributed by atoms with Crippen LogP contribution >= 0.6 is 24.0 Å². The van der Waals surface area contributed by atoms with E-state index in [1.807, 2.05) is 36.0 Å². The number of guanidine groups is 1. The minimum Gasteiger partial charge on any atom is -0.468 e. The van der Waals surface area contributed by atoms with E-state index in [1.165, 1.54) is 12.3 Å². The lowest BCUT2D eigenvalue weighted by molar-refractivity contribution is -0.154. The van der Waals surface area contributed by atoms with Gasteiger partial charge in [0.2, 0.25) is 5.88 Å². The lowest BCUT2D eigenvalue weighted by atomic mass is 10.3. The summed E-state index contributed by atoms with van der Waals surface area (Å²) in [7, 11) is 0. The van der Waals surface area contributed by atoms with E-state index in [1.54, 1.807) is 6.07 Å². The number of aliphatic imine (C=N–C) groups is 1. The zero-order valence-electron chi connectivity index (χ0n) is 14.9. The summed E-state index contributed by atoms with van der Waals surface area (Å²) in [6.45, 7) is 3.07. The molecule has 2 aromatic heterocycles. The fraction of sp³-hybridized carbons (Fsp3) is 0.412. The second-order valence-corrected chi connectivity index (χ2v) is 5.45. The van der Waals surface area contributed by atoms with Gasteiger partial charge in [0.15, 0.2) is 12.6 Å². The molecule has 2 rings (SSSR count). The molecule has 0 fully saturated rings. The summed E-state index contributed by atoms with van der Waals surface area (Å²) >= 11 is 0. The van der Waals surface area contributed by atoms with Crippen molar-refractivity contribution >= 4 is 29.9 Å². The van der Waals surface area contributed by atoms with Crippen LogP contribution in [0, 0.1) is 0 Å². The summed E-state index contributed by atoms with van der Waals surface area (Å²) in [5.41, 5.74) is 0.708. The molecule has 2 heterocycles. The Bertz CT molecular complexity index is 692. The Hall–Kier alpha value is -1.98. The second kappa shape index (κ2) is 11.7. The number of alkyl halides is 3. The number of rotatable bonds is 8. The van der Waals surface area contributed by atoms with Crippen LogP contribution in [0.25, 0.3) is 0 Å². The molecule has 0 saturated carbocycles. The first-order valence-electron chi connectivity index (χ1n) is 8.23. The highest BCUT2D eigenvalue weighted by atomic mass is 127. The van der Waals surface area contributed by atoms with Crippen molar-refractivity contribution in [3.63, 3.8) is 0 Å². The molecule has 0 saturated heterocycles. The van der Waals surface area contributed by atoms with Crippen molar-refractivity contribution < 1.29 is 17.9 Å². The van der Waals surface area contributed by atoms with Gasteiger partial charge in [0.25, 0.3) is 0 Å². The smallest absolute Gasteiger partial charge is 0.422 e. The molecule has 0 aromatic carbocycles. The van der Waals surface area contributed by atoms with Crippen LogP contribution in [-0.4, -0.2) is 41.4 Å². The maximum Gasteiger partial charge on any atom is 0.422 e. The van der Waals surface area contributed by atoms with Gasteiger partial charge in [0, 0.05) is 44.3 Å². The van der Waals surface area contributed by atoms with Crippen molar-refractivity contribution in [3.05, 3.63) is 48.4 Å². The van der Waals surface area contributed by atoms with Gasteiger partial charge in [-0.3, -0.25) is 0 Å². The van der Waals surface area contributed by atoms with Crippen molar-refractivity contribution in [1.29, 1.82) is 0 Å². The van der Waals surface area contributed by atoms with Crippen molar-refractivity contribution in [2.45, 2.75) is 26.2 Å². The van der Waals surface area contributed by atoms with Gasteiger partial charge in [-0.05, 0) is 30.7 Å². The molecule has 0 aliphatic rings. The Morgan fingerprint density at radius 2 is 2.00 bits per heavy atom. The Labute approximate surface area is 173 Å². The topological polar surface area (TPSA) is 63.5 Å². The highest BCUT2D eigenvalue weighted by Crippen LogP contribution is 2.17. The maximum absolute atomic E-state index is 12.2. The van der Waals surface area contributed by atoms with Gasteiger partial charge >= 0.3 is 6.18 Å². The molecule has 0 bridgehead atoms. The molecule has 0 unspecified atom stereocenters. The minimum atomic E-state index is -4.39. The summed E-state index contributed by atoms with van der Waals surface area (Å²) < 4.78 is 43.3. The number of halogens is 4. The number of pyridine rings is 1. The lowest BCUT2D eigenvalue weighted by Crippen LogP contribution is -2.38. The van der Waals surface area contributed by atoms with E-state index in [4.69, 9.17) is 0 Å². The maximum atomic E-state index is 12.2. The van der Waals surface area contributed by atoms with Crippen LogP contribution in [0.5, 0.6) is 5.88 Å². The Morgan fingerprint density at radius 1 is 1.26 bits per heavy atom. The summed E-state index contributed by atoms with van der Waals surface area (Å²) in [4.78, 5) is 8.21. The van der Waals surface area contributed by atoms with E-state index in [0.717, 1.165) is 6.54 Å². The number of aromatic nitrogens is 2. The molecule has 0 spiro atoms. The van der Waals surface area contributed by atoms with Gasteiger partial charge < -0.3 is 19.9 Å². The molecular weight excluding hydrogens is 474 g/mol. The van der Waals surface area contributed by atoms with Gasteiger partial charge in [-0.1, -0.05) is 0 Å². The number of nitrogens with one attached hydrogen (secondary N) is 2. The number of nitrogens with zero attached hydrogens (tertiary/aromatic N) is 3. The first kappa shape index (κ1) is 23.1. The van der Waals surface area contributed by atoms with E-state index >= 15 is 0 Å². The van der Waals surface area contributed by atoms with Gasteiger partial charge in [-0.25, -0.2) is 9.98 Å². The molecule has 0 aliphatic carbocycles. The molecule has 27 heavy (non-hydrogen) atoms. The first-order valence-corrected chi connectivity index (χ1v) is 8.23. The molecule has 0 radical (unpaired) electrons. The van der Waals surface area contributed by atoms with Crippen molar-refractivity contribution in [2.75, 3.05) is 19.7 Å². The van der Waals surface area contributed by atoms with E-state index in [0.29, 0.717) is 31.2 Å². The summed E-state index contributed by atoms with van der Waals surface area (Å²) in [6, 6.07) is 7.06. The monoisotopic (exact) mass is 497 g/mol. The Balaban J connectivity index is 0.00000364. The Kier molecular flexibility index (Phi) is 9.97. The van der Waals surface area contributed by atoms with Crippen LogP contribution in [0.15, 0.2) is 47.8 Å². The fourth-order valence-electron chi connectivity index (χ4n) is 2.12. The normalized spacial score (nSPS) is 11.6. The number of hydrogen-bond acceptors (Lipinski definition) is 3. The van der Waals surface area contributed by atoms with Crippen LogP contribution in [0.4, 0.5) is 13.2 Å². The van der Waals surface area contributed by atoms with Crippen molar-refractivity contribution in [3.8, 4) is 5.88 Å². The van der Waals surface area contributed by atoms with Gasteiger partial charge in [0.05, 0.1) is 6.54 Å². The third kappa shape index (κ3) is 9.50. The highest BCUT2D eigenvalue weighted by molar-refractivity contribution is 14.0. The zero-order valence-corrected chi connectivity index (χ0v) is 17.2. The van der Waals surface area contributed by atoms with Gasteiger partial charge in [-0.2, -0.15) is 13.2 Å². The third-order valence-corrected chi connectivity index (χ3v) is 3.28. The molecule has 0 atom stereocenters. The average Bonchev–Trinajstić information content (AvgIpc) is 3.11. The van der Waals surface area contributed by atoms with Crippen LogP contribution in [0.2, 0.25) is 0 Å². The molecule has 6 nitrogen and oxygen atoms in total. The van der Waals surface area contributed by atoms with E-state index in [2.05, 4.69) is 25.3 Å². The molecule has 10 heteroatoms. The van der Waals surface area contributed by atoms with Crippen LogP contribution < -0.4 is 15.4 Å². The van der Waals surface area contributed by atoms with Crippen LogP contribution in [0.3, 0.4) is 0 Å². The van der Waals surface area contributed by atoms with E-state index in [-0.39, 0.29) is 29.9 Å². The Morgan fingerprint density at radius 3 is 2.67 bits per heavy atom. The molecule has 0 aliphatic heterocycles. The van der Waals surface area contributed by atoms with Gasteiger partial charge in [-0.15, -0.1) is 24.0 Å². The highest BCUT2D eigenvalue weighted by Gasteiger charge is 2.28. The standard InChI is InChI=1S/C17H22F3N5O.HI/c1-2-21-16(23-7-10-25-8-3-4-9-25)24-12-14-5-6-22-15(11-14)26-13-17(18,19)20;/h3-6,8-9,11H,2,7,10,12-13H2,1H3,(H2,21,23,24);1H. The minimum absolute atomic E-state index is 0. The molecule has 2 aromatic rings. The SMILES string of the molecule is CCNC(=NCc1ccnc(OCC(F)(F)F)c1)NCCn1cccc1.I. The summed E-state index contributed by atoms with van der Waals surface area (Å²) in [5.74, 6) is 0.565. The van der Waals surface area contributed by atoms with Crippen molar-refractivity contribution in [2.24, 2.45) is 4.99 Å². The van der Waals surface area contributed by atoms with Crippen molar-refractivity contribution in [1.82, 2.24) is 20.2 Å². The van der Waals surface area contributed by atoms with Crippen LogP contribution in [0.1, 0.15) is 12.5 Å². The predicted molar refractivity (Wildman–Crippen MR) is 108 cm³/mol. The van der Waals surface area contributed by atoms with Gasteiger partial charge in [0.1, 0.15) is 0 Å². The lowest BCUT2D eigenvalue weighted by Gasteiger charge is -2.12. The molecular formula is C17H23F3IN5O. The number of ether oxygens (including phenoxy) is 1. The molecule has 0 amide bonds. The quantitative estimate of drug-likeness (QED) is 0.334. The first-order chi connectivity index (χ1) is 12.5. The van der Waals surface area contributed by atoms with Crippen LogP contribution in [-0.2, 0) is 13.1 Å². The number of hydrogen-bond donors (Lipinski definition) is 2. The van der Waals surface area contributed by atoms with E-state index in [9.17, 15) is 13.2 Å².